The number of fused-ring (bicyclic) bond motifs is 3. The number of piperidine rings is 1. The van der Waals surface area contributed by atoms with Gasteiger partial charge in [0.25, 0.3) is 5.69 Å². The van der Waals surface area contributed by atoms with Crippen molar-refractivity contribution in [2.75, 3.05) is 31.1 Å². The number of nitro benzene ring substituents is 1. The van der Waals surface area contributed by atoms with Gasteiger partial charge in [0.2, 0.25) is 6.29 Å². The second-order valence-electron chi connectivity index (χ2n) is 13.1. The van der Waals surface area contributed by atoms with Gasteiger partial charge in [-0.2, -0.15) is 9.97 Å². The minimum absolute atomic E-state index is 0.0228. The number of ether oxygens (including phenoxy) is 1. The van der Waals surface area contributed by atoms with E-state index < -0.39 is 45.2 Å². The largest absolute Gasteiger partial charge is 0.432 e. The number of nitro groups is 1. The second-order valence-corrected chi connectivity index (χ2v) is 13.1. The first-order chi connectivity index (χ1) is 22.4. The summed E-state index contributed by atoms with van der Waals surface area (Å²) in [7, 11) is 0. The van der Waals surface area contributed by atoms with Gasteiger partial charge in [-0.25, -0.2) is 8.78 Å². The summed E-state index contributed by atoms with van der Waals surface area (Å²) in [5.74, 6) is 0.647. The van der Waals surface area contributed by atoms with E-state index in [0.717, 1.165) is 18.5 Å². The molecule has 0 aliphatic carbocycles. The van der Waals surface area contributed by atoms with Crippen molar-refractivity contribution in [3.63, 3.8) is 0 Å². The highest BCUT2D eigenvalue weighted by Gasteiger charge is 2.52. The van der Waals surface area contributed by atoms with Crippen LogP contribution in [0.4, 0.5) is 20.3 Å². The molecular formula is C35H33F2N5O5. The highest BCUT2D eigenvalue weighted by atomic mass is 19.1. The standard InChI is InChI=1S/C35H33F2N5O5/c1-4-22-25(36)11-10-21-8-5-9-23(27(21)22)28-26(42(45)46)16-24-30(29(28)37)38-33(39-31(24)40-14-6-12-34(3,44)19-40)47-32(43)35-13-7-15-41(35)18-20(2)17-35/h1,5,8-11,16,32,43-44H,2,6-7,12-15,17-19H2,3H3/t32?,34-,35?/m1/s1. The van der Waals surface area contributed by atoms with Gasteiger partial charge in [0, 0.05) is 36.7 Å². The molecule has 3 saturated heterocycles. The van der Waals surface area contributed by atoms with Crippen LogP contribution in [0.3, 0.4) is 0 Å². The number of terminal acetylenes is 1. The molecule has 7 rings (SSSR count). The smallest absolute Gasteiger partial charge is 0.321 e. The van der Waals surface area contributed by atoms with Crippen LogP contribution in [-0.4, -0.2) is 73.6 Å². The van der Waals surface area contributed by atoms with Crippen LogP contribution in [0.1, 0.15) is 44.6 Å². The average Bonchev–Trinajstić information content (AvgIpc) is 3.57. The topological polar surface area (TPSA) is 125 Å². The maximum atomic E-state index is 17.1. The van der Waals surface area contributed by atoms with E-state index in [1.807, 2.05) is 0 Å². The Bertz CT molecular complexity index is 2030. The van der Waals surface area contributed by atoms with E-state index in [9.17, 15) is 24.7 Å². The number of hydrogen-bond acceptors (Lipinski definition) is 9. The number of anilines is 1. The molecule has 47 heavy (non-hydrogen) atoms. The zero-order chi connectivity index (χ0) is 33.2. The predicted octanol–water partition coefficient (Wildman–Crippen LogP) is 5.46. The van der Waals surface area contributed by atoms with Crippen molar-refractivity contribution in [2.45, 2.75) is 56.5 Å². The number of aliphatic hydroxyl groups excluding tert-OH is 1. The number of aromatic nitrogens is 2. The van der Waals surface area contributed by atoms with E-state index in [4.69, 9.17) is 11.2 Å². The minimum atomic E-state index is -1.38. The fourth-order valence-corrected chi connectivity index (χ4v) is 7.70. The Morgan fingerprint density at radius 1 is 1.19 bits per heavy atom. The number of aliphatic hydroxyl groups is 2. The fraction of sp³-hybridized carbons (Fsp3) is 0.371. The molecule has 3 fully saturated rings. The summed E-state index contributed by atoms with van der Waals surface area (Å²) in [6, 6.07) is 8.22. The van der Waals surface area contributed by atoms with E-state index in [2.05, 4.69) is 27.4 Å². The summed E-state index contributed by atoms with van der Waals surface area (Å²) >= 11 is 0. The molecule has 2 unspecified atom stereocenters. The summed E-state index contributed by atoms with van der Waals surface area (Å²) in [5, 5.41) is 35.6. The molecule has 4 heterocycles. The first kappa shape index (κ1) is 30.9. The molecule has 0 radical (unpaired) electrons. The van der Waals surface area contributed by atoms with Crippen molar-refractivity contribution in [3.8, 4) is 29.5 Å². The van der Waals surface area contributed by atoms with Crippen LogP contribution in [0.2, 0.25) is 0 Å². The average molecular weight is 642 g/mol. The van der Waals surface area contributed by atoms with Crippen molar-refractivity contribution < 1.29 is 28.7 Å². The second kappa shape index (κ2) is 11.2. The molecule has 10 nitrogen and oxygen atoms in total. The highest BCUT2D eigenvalue weighted by molar-refractivity contribution is 6.06. The molecule has 242 valence electrons. The first-order valence-corrected chi connectivity index (χ1v) is 15.5. The summed E-state index contributed by atoms with van der Waals surface area (Å²) in [6.07, 6.45) is 7.41. The Labute approximate surface area is 269 Å². The maximum Gasteiger partial charge on any atom is 0.321 e. The number of β-amino-alcohol motifs (C(OH)–C–C–N with tert-alkyl or cyclic N) is 1. The zero-order valence-corrected chi connectivity index (χ0v) is 25.8. The summed E-state index contributed by atoms with van der Waals surface area (Å²) in [5.41, 5.74) is -2.33. The summed E-state index contributed by atoms with van der Waals surface area (Å²) in [4.78, 5) is 24.7. The number of rotatable bonds is 6. The molecule has 0 amide bonds. The normalized spacial score (nSPS) is 23.7. The quantitative estimate of drug-likeness (QED) is 0.0929. The number of halogens is 2. The number of hydrogen-bond donors (Lipinski definition) is 2. The van der Waals surface area contributed by atoms with Gasteiger partial charge in [-0.1, -0.05) is 42.3 Å². The van der Waals surface area contributed by atoms with Crippen LogP contribution in [0.15, 0.2) is 48.6 Å². The van der Waals surface area contributed by atoms with Gasteiger partial charge in [0.1, 0.15) is 17.2 Å². The van der Waals surface area contributed by atoms with Crippen LogP contribution in [0.5, 0.6) is 6.01 Å². The fourth-order valence-electron chi connectivity index (χ4n) is 7.70. The molecule has 0 saturated carbocycles. The molecule has 3 aliphatic heterocycles. The molecule has 3 aromatic carbocycles. The summed E-state index contributed by atoms with van der Waals surface area (Å²) in [6.45, 7) is 7.70. The van der Waals surface area contributed by atoms with Crippen LogP contribution in [0, 0.1) is 34.1 Å². The first-order valence-electron chi connectivity index (χ1n) is 15.5. The molecule has 2 N–H and O–H groups in total. The van der Waals surface area contributed by atoms with E-state index in [1.165, 1.54) is 24.3 Å². The third-order valence-corrected chi connectivity index (χ3v) is 9.76. The Balaban J connectivity index is 1.47. The van der Waals surface area contributed by atoms with E-state index in [-0.39, 0.29) is 45.8 Å². The van der Waals surface area contributed by atoms with Crippen LogP contribution < -0.4 is 9.64 Å². The number of benzene rings is 3. The van der Waals surface area contributed by atoms with Gasteiger partial charge >= 0.3 is 6.01 Å². The Hall–Kier alpha value is -4.70. The highest BCUT2D eigenvalue weighted by Crippen LogP contribution is 2.46. The van der Waals surface area contributed by atoms with E-state index in [1.54, 1.807) is 24.0 Å². The Morgan fingerprint density at radius 2 is 1.98 bits per heavy atom. The molecule has 0 bridgehead atoms. The van der Waals surface area contributed by atoms with E-state index in [0.29, 0.717) is 44.2 Å². The Morgan fingerprint density at radius 3 is 2.72 bits per heavy atom. The van der Waals surface area contributed by atoms with Crippen molar-refractivity contribution in [2.24, 2.45) is 0 Å². The van der Waals surface area contributed by atoms with Crippen molar-refractivity contribution in [1.82, 2.24) is 14.9 Å². The lowest BCUT2D eigenvalue weighted by atomic mass is 9.92. The lowest BCUT2D eigenvalue weighted by Crippen LogP contribution is -2.51. The molecular weight excluding hydrogens is 608 g/mol. The molecule has 12 heteroatoms. The lowest BCUT2D eigenvalue weighted by Gasteiger charge is -2.38. The Kier molecular flexibility index (Phi) is 7.39. The van der Waals surface area contributed by atoms with Gasteiger partial charge < -0.3 is 19.8 Å². The van der Waals surface area contributed by atoms with Crippen molar-refractivity contribution in [3.05, 3.63) is 75.9 Å². The van der Waals surface area contributed by atoms with Crippen LogP contribution in [0.25, 0.3) is 32.8 Å². The molecule has 0 spiro atoms. The summed E-state index contributed by atoms with van der Waals surface area (Å²) < 4.78 is 38.0. The molecule has 1 aromatic heterocycles. The van der Waals surface area contributed by atoms with Crippen molar-refractivity contribution in [1.29, 1.82) is 0 Å². The predicted molar refractivity (Wildman–Crippen MR) is 173 cm³/mol. The SMILES string of the molecule is C#Cc1c(F)ccc2cccc(-c3c([N+](=O)[O-])cc4c(N5CCC[C@@](C)(O)C5)nc(OC(O)C56CCCN5CC(=C)C6)nc4c3F)c12. The lowest BCUT2D eigenvalue weighted by molar-refractivity contribution is -0.384. The van der Waals surface area contributed by atoms with Gasteiger partial charge in [-0.15, -0.1) is 6.42 Å². The molecule has 4 aromatic rings. The monoisotopic (exact) mass is 641 g/mol. The van der Waals surface area contributed by atoms with Gasteiger partial charge in [-0.3, -0.25) is 15.0 Å². The van der Waals surface area contributed by atoms with Crippen LogP contribution in [-0.2, 0) is 0 Å². The molecule has 3 atom stereocenters. The zero-order valence-electron chi connectivity index (χ0n) is 25.8. The number of nitrogens with zero attached hydrogens (tertiary/aromatic N) is 5. The van der Waals surface area contributed by atoms with Gasteiger partial charge in [0.15, 0.2) is 5.82 Å². The van der Waals surface area contributed by atoms with Gasteiger partial charge in [-0.05, 0) is 57.0 Å². The van der Waals surface area contributed by atoms with E-state index >= 15 is 4.39 Å². The molecule has 3 aliphatic rings. The van der Waals surface area contributed by atoms with Crippen LogP contribution >= 0.6 is 0 Å². The third kappa shape index (κ3) is 5.06. The minimum Gasteiger partial charge on any atom is -0.432 e. The third-order valence-electron chi connectivity index (χ3n) is 9.76. The maximum absolute atomic E-state index is 17.1. The van der Waals surface area contributed by atoms with Gasteiger partial charge in [0.05, 0.1) is 32.6 Å². The van der Waals surface area contributed by atoms with Crippen molar-refractivity contribution >= 4 is 33.2 Å².